The topological polar surface area (TPSA) is 127 Å². The van der Waals surface area contributed by atoms with Crippen molar-refractivity contribution in [1.29, 1.82) is 0 Å². The number of nitrogens with one attached hydrogen (secondary N) is 2. The van der Waals surface area contributed by atoms with Crippen LogP contribution in [0.4, 0.5) is 26.5 Å². The van der Waals surface area contributed by atoms with Crippen LogP contribution in [0.25, 0.3) is 11.7 Å². The highest BCUT2D eigenvalue weighted by molar-refractivity contribution is 7.79. The molecule has 1 aliphatic rings. The summed E-state index contributed by atoms with van der Waals surface area (Å²) in [6, 6.07) is 6.23. The highest BCUT2D eigenvalue weighted by atomic mass is 35.5. The summed E-state index contributed by atoms with van der Waals surface area (Å²) in [5, 5.41) is 11.2. The van der Waals surface area contributed by atoms with Crippen LogP contribution in [0, 0.1) is 5.82 Å². The van der Waals surface area contributed by atoms with Crippen LogP contribution in [0.2, 0.25) is 5.02 Å². The Balaban J connectivity index is 0.00000216. The van der Waals surface area contributed by atoms with Crippen molar-refractivity contribution in [2.75, 3.05) is 30.2 Å². The molecule has 2 heterocycles. The smallest absolute Gasteiger partial charge is 0.435 e. The molecule has 0 saturated heterocycles. The predicted octanol–water partition coefficient (Wildman–Crippen LogP) is 5.29. The van der Waals surface area contributed by atoms with Crippen LogP contribution in [-0.4, -0.2) is 63.6 Å². The fraction of sp³-hybridized carbons (Fsp3) is 0.346. The summed E-state index contributed by atoms with van der Waals surface area (Å²) >= 11 is 9.56. The number of thiol groups is 1. The molecule has 2 N–H and O–H groups in total. The number of nitrogens with zero attached hydrogens (tertiary/aromatic N) is 4. The zero-order valence-corrected chi connectivity index (χ0v) is 23.8. The average Bonchev–Trinajstić information content (AvgIpc) is 3.66. The van der Waals surface area contributed by atoms with Crippen LogP contribution >= 0.6 is 24.2 Å². The fourth-order valence-electron chi connectivity index (χ4n) is 3.52. The van der Waals surface area contributed by atoms with Gasteiger partial charge in [-0.15, -0.1) is 0 Å². The van der Waals surface area contributed by atoms with Gasteiger partial charge in [-0.1, -0.05) is 23.3 Å². The molecule has 0 unspecified atom stereocenters. The van der Waals surface area contributed by atoms with E-state index >= 15 is 0 Å². The molecule has 0 bridgehead atoms. The van der Waals surface area contributed by atoms with Crippen molar-refractivity contribution in [1.82, 2.24) is 19.5 Å². The van der Waals surface area contributed by atoms with Gasteiger partial charge in [-0.3, -0.25) is 9.59 Å². The third-order valence-electron chi connectivity index (χ3n) is 5.48. The van der Waals surface area contributed by atoms with Crippen LogP contribution in [0.3, 0.4) is 0 Å². The van der Waals surface area contributed by atoms with Gasteiger partial charge < -0.3 is 20.1 Å². The van der Waals surface area contributed by atoms with Crippen LogP contribution in [-0.2, 0) is 19.1 Å². The van der Waals surface area contributed by atoms with Gasteiger partial charge in [0.15, 0.2) is 12.4 Å². The van der Waals surface area contributed by atoms with Gasteiger partial charge in [-0.05, 0) is 51.1 Å². The monoisotopic (exact) mass is 592 g/mol. The second kappa shape index (κ2) is 14.5. The Bertz CT molecular complexity index is 1400. The first kappa shape index (κ1) is 30.7. The average molecular weight is 593 g/mol. The number of ether oxygens (including phenoxy) is 2. The number of carbonyl (C=O) groups is 3. The van der Waals surface area contributed by atoms with E-state index in [0.29, 0.717) is 39.5 Å². The summed E-state index contributed by atoms with van der Waals surface area (Å²) in [4.78, 5) is 40.6. The Morgan fingerprint density at radius 1 is 1.27 bits per heavy atom. The maximum absolute atomic E-state index is 14.3. The molecule has 3 aromatic rings. The van der Waals surface area contributed by atoms with E-state index in [1.807, 2.05) is 0 Å². The lowest BCUT2D eigenvalue weighted by Gasteiger charge is -2.15. The molecule has 0 aliphatic heterocycles. The number of fused-ring (bicyclic) bond motifs is 1. The molecular formula is C26H30ClFN6O5S. The van der Waals surface area contributed by atoms with E-state index in [1.54, 1.807) is 43.0 Å². The summed E-state index contributed by atoms with van der Waals surface area (Å²) in [6.07, 6.45) is 6.24. The first-order chi connectivity index (χ1) is 19.3. The molecule has 1 saturated carbocycles. The molecule has 0 radical (unpaired) electrons. The zero-order chi connectivity index (χ0) is 29.2. The fourth-order valence-corrected chi connectivity index (χ4v) is 3.69. The van der Waals surface area contributed by atoms with Crippen molar-refractivity contribution in [2.24, 2.45) is 0 Å². The van der Waals surface area contributed by atoms with E-state index in [9.17, 15) is 18.8 Å². The Labute approximate surface area is 241 Å². The summed E-state index contributed by atoms with van der Waals surface area (Å²) in [7, 11) is 0. The van der Waals surface area contributed by atoms with Crippen molar-refractivity contribution in [3.8, 4) is 0 Å². The van der Waals surface area contributed by atoms with E-state index in [2.05, 4.69) is 38.1 Å². The molecule has 214 valence electrons. The number of hydrogen-bond donors (Lipinski definition) is 3. The minimum atomic E-state index is -0.977. The molecule has 2 amide bonds. The third kappa shape index (κ3) is 8.33. The predicted molar refractivity (Wildman–Crippen MR) is 153 cm³/mol. The summed E-state index contributed by atoms with van der Waals surface area (Å²) in [5.41, 5.74) is 1.84. The Hall–Kier alpha value is -3.84. The van der Waals surface area contributed by atoms with E-state index in [1.165, 1.54) is 18.2 Å². The summed E-state index contributed by atoms with van der Waals surface area (Å²) in [5.74, 6) is -0.0206. The lowest BCUT2D eigenvalue weighted by Crippen LogP contribution is -2.33. The second-order valence-electron chi connectivity index (χ2n) is 8.62. The van der Waals surface area contributed by atoms with Crippen LogP contribution in [0.15, 0.2) is 36.0 Å². The van der Waals surface area contributed by atoms with Crippen LogP contribution in [0.5, 0.6) is 0 Å². The molecule has 2 aromatic heterocycles. The highest BCUT2D eigenvalue weighted by Crippen LogP contribution is 2.29. The SMILES string of the molecule is CCOC(=O)OCN(C=O)C(=O)C/C(C)=C\c1cnn2c(NC3CC3)cc(Nc3cc(Cl)ccc3F)nc12.CS. The molecular weight excluding hydrogens is 563 g/mol. The van der Waals surface area contributed by atoms with E-state index in [4.69, 9.17) is 16.3 Å². The number of hydrogen-bond acceptors (Lipinski definition) is 10. The van der Waals surface area contributed by atoms with Gasteiger partial charge in [-0.2, -0.15) is 22.2 Å². The standard InChI is InChI=1S/C25H26ClFN6O5.CH4S/c1-3-37-25(36)38-14-32(13-34)23(35)9-15(2)8-16-12-28-33-22(29-18-5-6-18)11-21(31-24(16)33)30-20-10-17(26)4-7-19(20)27;1-2/h4,7-8,10-13,18,29H,3,5-6,9,14H2,1-2H3,(H,30,31);2H,1H3/b15-8-;. The van der Waals surface area contributed by atoms with Crippen molar-refractivity contribution in [3.63, 3.8) is 0 Å². The molecule has 0 spiro atoms. The molecule has 1 aromatic carbocycles. The number of benzene rings is 1. The largest absolute Gasteiger partial charge is 0.510 e. The Morgan fingerprint density at radius 3 is 2.70 bits per heavy atom. The van der Waals surface area contributed by atoms with Crippen molar-refractivity contribution < 1.29 is 28.2 Å². The first-order valence-corrected chi connectivity index (χ1v) is 13.6. The van der Waals surface area contributed by atoms with E-state index < -0.39 is 24.6 Å². The van der Waals surface area contributed by atoms with Crippen LogP contribution < -0.4 is 10.6 Å². The maximum atomic E-state index is 14.3. The van der Waals surface area contributed by atoms with Gasteiger partial charge in [0.2, 0.25) is 12.3 Å². The maximum Gasteiger partial charge on any atom is 0.510 e. The van der Waals surface area contributed by atoms with Crippen molar-refractivity contribution in [3.05, 3.63) is 52.4 Å². The number of amides is 2. The number of aromatic nitrogens is 3. The number of rotatable bonds is 11. The lowest BCUT2D eigenvalue weighted by atomic mass is 10.1. The normalized spacial score (nSPS) is 12.7. The molecule has 14 heteroatoms. The van der Waals surface area contributed by atoms with Gasteiger partial charge in [0.05, 0.1) is 18.5 Å². The number of imide groups is 1. The lowest BCUT2D eigenvalue weighted by molar-refractivity contribution is -0.142. The molecule has 4 rings (SSSR count). The minimum absolute atomic E-state index is 0.104. The molecule has 1 fully saturated rings. The van der Waals surface area contributed by atoms with Gasteiger partial charge in [0.25, 0.3) is 0 Å². The number of anilines is 3. The highest BCUT2D eigenvalue weighted by Gasteiger charge is 2.23. The number of halogens is 2. The molecule has 11 nitrogen and oxygen atoms in total. The van der Waals surface area contributed by atoms with E-state index in [-0.39, 0.29) is 25.1 Å². The van der Waals surface area contributed by atoms with Gasteiger partial charge in [0, 0.05) is 29.1 Å². The molecule has 40 heavy (non-hydrogen) atoms. The molecule has 1 aliphatic carbocycles. The Morgan fingerprint density at radius 2 is 2.02 bits per heavy atom. The number of carbonyl (C=O) groups excluding carboxylic acids is 3. The Kier molecular flexibility index (Phi) is 11.1. The van der Waals surface area contributed by atoms with Gasteiger partial charge in [-0.25, -0.2) is 19.1 Å². The minimum Gasteiger partial charge on any atom is -0.435 e. The van der Waals surface area contributed by atoms with Gasteiger partial charge in [0.1, 0.15) is 17.5 Å². The quantitative estimate of drug-likeness (QED) is 0.118. The van der Waals surface area contributed by atoms with Crippen molar-refractivity contribution >= 4 is 71.7 Å². The zero-order valence-electron chi connectivity index (χ0n) is 22.2. The van der Waals surface area contributed by atoms with E-state index in [0.717, 1.165) is 17.7 Å². The summed E-state index contributed by atoms with van der Waals surface area (Å²) in [6.45, 7) is 2.86. The summed E-state index contributed by atoms with van der Waals surface area (Å²) < 4.78 is 25.4. The van der Waals surface area contributed by atoms with Crippen LogP contribution in [0.1, 0.15) is 38.7 Å². The van der Waals surface area contributed by atoms with Gasteiger partial charge >= 0.3 is 6.16 Å². The third-order valence-corrected chi connectivity index (χ3v) is 5.72. The molecule has 0 atom stereocenters. The van der Waals surface area contributed by atoms with Crippen molar-refractivity contribution in [2.45, 2.75) is 39.2 Å². The first-order valence-electron chi connectivity index (χ1n) is 12.3. The second-order valence-corrected chi connectivity index (χ2v) is 9.06.